The molecule has 0 radical (unpaired) electrons. The average molecular weight is 622 g/mol. The number of hydrogen-bond acceptors (Lipinski definition) is 2. The summed E-state index contributed by atoms with van der Waals surface area (Å²) < 4.78 is 13.9. The summed E-state index contributed by atoms with van der Waals surface area (Å²) in [6, 6.07) is 12.0. The number of unbranched alkanes of at least 4 members (excludes halogenated alkanes) is 1. The Bertz CT molecular complexity index is 666. The molecule has 2 aromatic carbocycles. The molecule has 0 bridgehead atoms. The topological polar surface area (TPSA) is 18.5 Å². The molecule has 0 atom stereocenters. The summed E-state index contributed by atoms with van der Waals surface area (Å²) in [6.07, 6.45) is 3.34. The second-order valence-electron chi connectivity index (χ2n) is 5.32. The van der Waals surface area contributed by atoms with Crippen LogP contribution in [-0.2, 0) is 6.42 Å². The van der Waals surface area contributed by atoms with Gasteiger partial charge in [-0.2, -0.15) is 6.42 Å². The molecule has 0 aromatic heterocycles. The van der Waals surface area contributed by atoms with Crippen LogP contribution in [0, 0.1) is 6.92 Å². The molecule has 1 heterocycles. The molecule has 0 saturated heterocycles. The molecule has 2 aromatic rings. The van der Waals surface area contributed by atoms with E-state index in [-0.39, 0.29) is 18.9 Å². The molecule has 2 nitrogen and oxygen atoms in total. The Morgan fingerprint density at radius 1 is 1.07 bits per heavy atom. The fraction of sp³-hybridized carbons (Fsp3) is 0.350. The number of halogens is 4. The first kappa shape index (κ1) is 27.6. The number of ether oxygens (including phenoxy) is 2. The van der Waals surface area contributed by atoms with Crippen molar-refractivity contribution in [1.29, 1.82) is 0 Å². The summed E-state index contributed by atoms with van der Waals surface area (Å²) >= 11 is 13.5. The predicted molar refractivity (Wildman–Crippen MR) is 125 cm³/mol. The van der Waals surface area contributed by atoms with Crippen molar-refractivity contribution in [2.24, 2.45) is 0 Å². The van der Waals surface area contributed by atoms with Crippen molar-refractivity contribution in [3.63, 3.8) is 0 Å². The fourth-order valence-electron chi connectivity index (χ4n) is 1.88. The van der Waals surface area contributed by atoms with Gasteiger partial charge in [0.25, 0.3) is 0 Å². The first-order valence-electron chi connectivity index (χ1n) is 8.36. The molecule has 1 aliphatic heterocycles. The third kappa shape index (κ3) is 11.4. The fourth-order valence-corrected chi connectivity index (χ4v) is 3.08. The molecule has 0 fully saturated rings. The third-order valence-corrected chi connectivity index (χ3v) is 5.21. The van der Waals surface area contributed by atoms with E-state index in [0.29, 0.717) is 6.61 Å². The molecular weight excluding hydrogens is 599 g/mol. The van der Waals surface area contributed by atoms with Crippen LogP contribution in [-0.4, -0.2) is 18.5 Å². The van der Waals surface area contributed by atoms with Gasteiger partial charge >= 0.3 is 18.9 Å². The molecule has 0 unspecified atom stereocenters. The number of hydrogen-bond donors (Lipinski definition) is 0. The minimum atomic E-state index is 0. The number of alkyl halides is 1. The largest absolute Gasteiger partial charge is 1.00 e. The zero-order valence-corrected chi connectivity index (χ0v) is 22.1. The first-order chi connectivity index (χ1) is 12.5. The molecule has 1 aliphatic rings. The van der Waals surface area contributed by atoms with E-state index in [1.54, 1.807) is 0 Å². The Kier molecular flexibility index (Phi) is 16.7. The van der Waals surface area contributed by atoms with Gasteiger partial charge < -0.3 is 16.4 Å². The summed E-state index contributed by atoms with van der Waals surface area (Å²) in [6.45, 7) is 7.24. The van der Waals surface area contributed by atoms with Crippen LogP contribution in [0.2, 0.25) is 0 Å². The minimum Gasteiger partial charge on any atom is -0.493 e. The van der Waals surface area contributed by atoms with E-state index in [1.165, 1.54) is 12.0 Å². The summed E-state index contributed by atoms with van der Waals surface area (Å²) in [5, 5.41) is 0.839. The monoisotopic (exact) mass is 618 g/mol. The van der Waals surface area contributed by atoms with E-state index in [9.17, 15) is 0 Å². The molecule has 0 spiro atoms. The van der Waals surface area contributed by atoms with Crippen molar-refractivity contribution in [2.75, 3.05) is 18.5 Å². The maximum Gasteiger partial charge on any atom is 1.00 e. The summed E-state index contributed by atoms with van der Waals surface area (Å²) in [5.41, 5.74) is 1.32. The van der Waals surface area contributed by atoms with Crippen LogP contribution in [0.5, 0.6) is 11.5 Å². The van der Waals surface area contributed by atoms with E-state index in [2.05, 4.69) is 83.6 Å². The average Bonchev–Trinajstić information content (AvgIpc) is 3.11. The van der Waals surface area contributed by atoms with Gasteiger partial charge in [0.05, 0.1) is 17.7 Å². The van der Waals surface area contributed by atoms with Crippen molar-refractivity contribution in [3.05, 3.63) is 62.3 Å². The molecule has 7 heteroatoms. The van der Waals surface area contributed by atoms with Crippen molar-refractivity contribution >= 4 is 63.7 Å². The Balaban J connectivity index is 0.000000410. The second kappa shape index (κ2) is 16.4. The van der Waals surface area contributed by atoms with E-state index < -0.39 is 0 Å². The van der Waals surface area contributed by atoms with Crippen LogP contribution in [0.1, 0.15) is 25.3 Å². The number of fused-ring (bicyclic) bond motifs is 1. The van der Waals surface area contributed by atoms with E-state index in [4.69, 9.17) is 9.47 Å². The molecule has 3 rings (SSSR count). The molecule has 0 aliphatic carbocycles. The van der Waals surface area contributed by atoms with Crippen LogP contribution in [0.4, 0.5) is 0 Å². The molecule has 0 N–H and O–H groups in total. The predicted octanol–water partition coefficient (Wildman–Crippen LogP) is 4.99. The standard InChI is InChI=1S/C8H7Br3O.C8H7BrO.C4H9.Li/c9-3-4-12-8-5-6(10)1-2-7(8)11;9-7-2-1-6-3-4-10-8(6)5-7;1-3-4-2;/h1-2,5H,3-4H2;1-2,5H,3-4H2;1,3-4H2,2H3;/q;;-1;+1. The SMILES string of the molecule is BrCCOc1cc(Br)ccc1Br.Brc1ccc2c(c1)OCC2.[CH2-]CCC.[Li+]. The minimum absolute atomic E-state index is 0. The van der Waals surface area contributed by atoms with Gasteiger partial charge in [-0.05, 0) is 51.8 Å². The van der Waals surface area contributed by atoms with E-state index >= 15 is 0 Å². The van der Waals surface area contributed by atoms with E-state index in [1.807, 2.05) is 30.3 Å². The van der Waals surface area contributed by atoms with Crippen molar-refractivity contribution < 1.29 is 28.3 Å². The molecule has 0 saturated carbocycles. The Labute approximate surface area is 208 Å². The Morgan fingerprint density at radius 3 is 2.33 bits per heavy atom. The van der Waals surface area contributed by atoms with Gasteiger partial charge in [-0.1, -0.05) is 67.2 Å². The normalized spacial score (nSPS) is 10.9. The van der Waals surface area contributed by atoms with Gasteiger partial charge in [-0.15, -0.1) is 0 Å². The van der Waals surface area contributed by atoms with Crippen LogP contribution in [0.3, 0.4) is 0 Å². The maximum atomic E-state index is 5.44. The molecule has 0 amide bonds. The molecule has 27 heavy (non-hydrogen) atoms. The van der Waals surface area contributed by atoms with Gasteiger partial charge in [0, 0.05) is 20.7 Å². The summed E-state index contributed by atoms with van der Waals surface area (Å²) in [4.78, 5) is 0. The second-order valence-corrected chi connectivity index (χ2v) is 8.79. The van der Waals surface area contributed by atoms with Gasteiger partial charge in [0.2, 0.25) is 0 Å². The third-order valence-electron chi connectivity index (χ3n) is 3.24. The summed E-state index contributed by atoms with van der Waals surface area (Å²) in [7, 11) is 0. The van der Waals surface area contributed by atoms with Gasteiger partial charge in [-0.3, -0.25) is 0 Å². The number of rotatable bonds is 4. The molecular formula is C20H23Br4LiO2. The Morgan fingerprint density at radius 2 is 1.70 bits per heavy atom. The quantitative estimate of drug-likeness (QED) is 0.272. The van der Waals surface area contributed by atoms with Crippen molar-refractivity contribution in [2.45, 2.75) is 26.2 Å². The van der Waals surface area contributed by atoms with Crippen LogP contribution in [0.25, 0.3) is 0 Å². The van der Waals surface area contributed by atoms with Crippen LogP contribution >= 0.6 is 63.7 Å². The summed E-state index contributed by atoms with van der Waals surface area (Å²) in [5.74, 6) is 1.90. The van der Waals surface area contributed by atoms with E-state index in [0.717, 1.165) is 49.7 Å². The first-order valence-corrected chi connectivity index (χ1v) is 11.9. The van der Waals surface area contributed by atoms with Gasteiger partial charge in [0.1, 0.15) is 11.5 Å². The Hall–Kier alpha value is 0.557. The van der Waals surface area contributed by atoms with Gasteiger partial charge in [0.15, 0.2) is 0 Å². The van der Waals surface area contributed by atoms with Crippen LogP contribution < -0.4 is 28.3 Å². The van der Waals surface area contributed by atoms with Gasteiger partial charge in [-0.25, -0.2) is 0 Å². The zero-order valence-electron chi connectivity index (χ0n) is 15.7. The van der Waals surface area contributed by atoms with Crippen LogP contribution in [0.15, 0.2) is 49.8 Å². The zero-order chi connectivity index (χ0) is 19.4. The van der Waals surface area contributed by atoms with Crippen molar-refractivity contribution in [3.8, 4) is 11.5 Å². The van der Waals surface area contributed by atoms with Crippen molar-refractivity contribution in [1.82, 2.24) is 0 Å². The number of benzene rings is 2. The molecule has 144 valence electrons. The smallest absolute Gasteiger partial charge is 0.493 e. The maximum absolute atomic E-state index is 5.44.